The molecule has 0 saturated heterocycles. The molecule has 0 saturated carbocycles. The summed E-state index contributed by atoms with van der Waals surface area (Å²) in [6.45, 7) is 10.1. The standard InChI is InChI=1S/C14H23ClN2/c1-9(2)12(7-16)8-17-14-11(4)5-10(3)6-13(14)15/h5-6,9,12,17H,7-8,16H2,1-4H3. The highest BCUT2D eigenvalue weighted by molar-refractivity contribution is 6.33. The molecule has 1 unspecified atom stereocenters. The Hall–Kier alpha value is -0.730. The van der Waals surface area contributed by atoms with E-state index in [0.717, 1.165) is 17.3 Å². The summed E-state index contributed by atoms with van der Waals surface area (Å²) >= 11 is 6.25. The Kier molecular flexibility index (Phi) is 5.29. The Balaban J connectivity index is 2.75. The van der Waals surface area contributed by atoms with Crippen molar-refractivity contribution >= 4 is 17.3 Å². The predicted octanol–water partition coefficient (Wildman–Crippen LogP) is 3.60. The third-order valence-electron chi connectivity index (χ3n) is 3.22. The number of nitrogens with two attached hydrogens (primary N) is 1. The second kappa shape index (κ2) is 6.27. The van der Waals surface area contributed by atoms with Gasteiger partial charge in [-0.1, -0.05) is 31.5 Å². The number of halogens is 1. The van der Waals surface area contributed by atoms with Crippen LogP contribution in [0.15, 0.2) is 12.1 Å². The van der Waals surface area contributed by atoms with Crippen molar-refractivity contribution in [3.63, 3.8) is 0 Å². The summed E-state index contributed by atoms with van der Waals surface area (Å²) in [5, 5.41) is 4.22. The summed E-state index contributed by atoms with van der Waals surface area (Å²) in [5.74, 6) is 1.06. The lowest BCUT2D eigenvalue weighted by Gasteiger charge is -2.21. The SMILES string of the molecule is Cc1cc(C)c(NCC(CN)C(C)C)c(Cl)c1. The average Bonchev–Trinajstić information content (AvgIpc) is 2.21. The van der Waals surface area contributed by atoms with E-state index >= 15 is 0 Å². The molecule has 96 valence electrons. The molecule has 0 fully saturated rings. The fourth-order valence-corrected chi connectivity index (χ4v) is 2.35. The van der Waals surface area contributed by atoms with Gasteiger partial charge in [-0.15, -0.1) is 0 Å². The number of nitrogens with one attached hydrogen (secondary N) is 1. The minimum Gasteiger partial charge on any atom is -0.383 e. The first-order valence-electron chi connectivity index (χ1n) is 6.16. The lowest BCUT2D eigenvalue weighted by molar-refractivity contribution is 0.413. The molecular formula is C14H23ClN2. The topological polar surface area (TPSA) is 38.0 Å². The first-order chi connectivity index (χ1) is 7.95. The van der Waals surface area contributed by atoms with Crippen LogP contribution in [0.25, 0.3) is 0 Å². The van der Waals surface area contributed by atoms with Gasteiger partial charge in [0, 0.05) is 6.54 Å². The normalized spacial score (nSPS) is 12.9. The number of hydrogen-bond donors (Lipinski definition) is 2. The van der Waals surface area contributed by atoms with Crippen LogP contribution < -0.4 is 11.1 Å². The molecule has 3 heteroatoms. The van der Waals surface area contributed by atoms with Gasteiger partial charge in [0.15, 0.2) is 0 Å². The van der Waals surface area contributed by atoms with Crippen LogP contribution in [-0.4, -0.2) is 13.1 Å². The van der Waals surface area contributed by atoms with Crippen LogP contribution in [0.5, 0.6) is 0 Å². The van der Waals surface area contributed by atoms with Gasteiger partial charge < -0.3 is 11.1 Å². The van der Waals surface area contributed by atoms with Crippen molar-refractivity contribution in [1.29, 1.82) is 0 Å². The quantitative estimate of drug-likeness (QED) is 0.843. The summed E-state index contributed by atoms with van der Waals surface area (Å²) in [6, 6.07) is 4.13. The number of aryl methyl sites for hydroxylation is 2. The predicted molar refractivity (Wildman–Crippen MR) is 76.8 cm³/mol. The van der Waals surface area contributed by atoms with E-state index in [4.69, 9.17) is 17.3 Å². The smallest absolute Gasteiger partial charge is 0.0642 e. The molecule has 0 aliphatic rings. The van der Waals surface area contributed by atoms with Gasteiger partial charge in [-0.05, 0) is 49.4 Å². The molecule has 0 aliphatic carbocycles. The van der Waals surface area contributed by atoms with Crippen LogP contribution in [0.4, 0.5) is 5.69 Å². The minimum atomic E-state index is 0.478. The summed E-state index contributed by atoms with van der Waals surface area (Å²) in [4.78, 5) is 0. The van der Waals surface area contributed by atoms with E-state index in [0.29, 0.717) is 18.4 Å². The van der Waals surface area contributed by atoms with Gasteiger partial charge in [-0.25, -0.2) is 0 Å². The molecule has 1 atom stereocenters. The average molecular weight is 255 g/mol. The Bertz CT molecular complexity index is 351. The number of benzene rings is 1. The van der Waals surface area contributed by atoms with Gasteiger partial charge in [0.05, 0.1) is 10.7 Å². The van der Waals surface area contributed by atoms with Gasteiger partial charge in [-0.3, -0.25) is 0 Å². The zero-order chi connectivity index (χ0) is 13.0. The number of rotatable bonds is 5. The third kappa shape index (κ3) is 3.90. The van der Waals surface area contributed by atoms with Crippen molar-refractivity contribution in [3.8, 4) is 0 Å². The lowest BCUT2D eigenvalue weighted by atomic mass is 9.96. The van der Waals surface area contributed by atoms with Crippen molar-refractivity contribution in [1.82, 2.24) is 0 Å². The maximum absolute atomic E-state index is 6.25. The van der Waals surface area contributed by atoms with Crippen LogP contribution in [0.3, 0.4) is 0 Å². The molecular weight excluding hydrogens is 232 g/mol. The van der Waals surface area contributed by atoms with Crippen molar-refractivity contribution < 1.29 is 0 Å². The zero-order valence-corrected chi connectivity index (χ0v) is 11.9. The molecule has 17 heavy (non-hydrogen) atoms. The first kappa shape index (κ1) is 14.3. The van der Waals surface area contributed by atoms with E-state index in [9.17, 15) is 0 Å². The van der Waals surface area contributed by atoms with Crippen LogP contribution in [0, 0.1) is 25.7 Å². The molecule has 1 aromatic rings. The molecule has 0 aliphatic heterocycles. The van der Waals surface area contributed by atoms with E-state index in [-0.39, 0.29) is 0 Å². The molecule has 0 aromatic heterocycles. The maximum Gasteiger partial charge on any atom is 0.0642 e. The monoisotopic (exact) mass is 254 g/mol. The van der Waals surface area contributed by atoms with Crippen molar-refractivity contribution in [2.45, 2.75) is 27.7 Å². The van der Waals surface area contributed by atoms with E-state index in [2.05, 4.69) is 39.1 Å². The highest BCUT2D eigenvalue weighted by Crippen LogP contribution is 2.27. The molecule has 0 bridgehead atoms. The number of anilines is 1. The van der Waals surface area contributed by atoms with Crippen LogP contribution in [0.2, 0.25) is 5.02 Å². The molecule has 3 N–H and O–H groups in total. The molecule has 2 nitrogen and oxygen atoms in total. The second-order valence-corrected chi connectivity index (χ2v) is 5.47. The third-order valence-corrected chi connectivity index (χ3v) is 3.52. The van der Waals surface area contributed by atoms with Crippen LogP contribution >= 0.6 is 11.6 Å². The maximum atomic E-state index is 6.25. The minimum absolute atomic E-state index is 0.478. The molecule has 1 aromatic carbocycles. The molecule has 0 heterocycles. The highest BCUT2D eigenvalue weighted by Gasteiger charge is 2.12. The first-order valence-corrected chi connectivity index (χ1v) is 6.54. The van der Waals surface area contributed by atoms with Gasteiger partial charge >= 0.3 is 0 Å². The Labute approximate surface area is 110 Å². The fraction of sp³-hybridized carbons (Fsp3) is 0.571. The summed E-state index contributed by atoms with van der Waals surface area (Å²) in [5.41, 5.74) is 9.18. The van der Waals surface area contributed by atoms with Crippen LogP contribution in [0.1, 0.15) is 25.0 Å². The lowest BCUT2D eigenvalue weighted by Crippen LogP contribution is -2.27. The molecule has 0 radical (unpaired) electrons. The molecule has 0 spiro atoms. The van der Waals surface area contributed by atoms with Crippen LogP contribution in [-0.2, 0) is 0 Å². The highest BCUT2D eigenvalue weighted by atomic mass is 35.5. The Morgan fingerprint density at radius 1 is 1.29 bits per heavy atom. The van der Waals surface area contributed by atoms with Gasteiger partial charge in [0.25, 0.3) is 0 Å². The van der Waals surface area contributed by atoms with Crippen molar-refractivity contribution in [3.05, 3.63) is 28.3 Å². The summed E-state index contributed by atoms with van der Waals surface area (Å²) in [7, 11) is 0. The Morgan fingerprint density at radius 2 is 1.94 bits per heavy atom. The van der Waals surface area contributed by atoms with E-state index in [1.165, 1.54) is 11.1 Å². The zero-order valence-electron chi connectivity index (χ0n) is 11.2. The van der Waals surface area contributed by atoms with E-state index in [1.807, 2.05) is 6.07 Å². The summed E-state index contributed by atoms with van der Waals surface area (Å²) < 4.78 is 0. The van der Waals surface area contributed by atoms with Crippen molar-refractivity contribution in [2.75, 3.05) is 18.4 Å². The van der Waals surface area contributed by atoms with E-state index in [1.54, 1.807) is 0 Å². The fourth-order valence-electron chi connectivity index (χ4n) is 1.96. The molecule has 0 amide bonds. The van der Waals surface area contributed by atoms with Crippen molar-refractivity contribution in [2.24, 2.45) is 17.6 Å². The second-order valence-electron chi connectivity index (χ2n) is 5.06. The van der Waals surface area contributed by atoms with Gasteiger partial charge in [0.1, 0.15) is 0 Å². The number of hydrogen-bond acceptors (Lipinski definition) is 2. The molecule has 1 rings (SSSR count). The summed E-state index contributed by atoms with van der Waals surface area (Å²) in [6.07, 6.45) is 0. The Morgan fingerprint density at radius 3 is 2.41 bits per heavy atom. The van der Waals surface area contributed by atoms with Gasteiger partial charge in [0.2, 0.25) is 0 Å². The van der Waals surface area contributed by atoms with Gasteiger partial charge in [-0.2, -0.15) is 0 Å². The van der Waals surface area contributed by atoms with E-state index < -0.39 is 0 Å². The largest absolute Gasteiger partial charge is 0.383 e.